The zero-order valence-electron chi connectivity index (χ0n) is 23.1. The van der Waals surface area contributed by atoms with Gasteiger partial charge in [0.05, 0.1) is 0 Å². The van der Waals surface area contributed by atoms with Crippen molar-refractivity contribution in [3.05, 3.63) is 18.2 Å². The van der Waals surface area contributed by atoms with Crippen molar-refractivity contribution in [3.63, 3.8) is 0 Å². The molecule has 34 heavy (non-hydrogen) atoms. The predicted molar refractivity (Wildman–Crippen MR) is 154 cm³/mol. The van der Waals surface area contributed by atoms with Crippen LogP contribution >= 0.6 is 0 Å². The number of pyridine rings is 1. The van der Waals surface area contributed by atoms with E-state index in [2.05, 4.69) is 42.7 Å². The van der Waals surface area contributed by atoms with Gasteiger partial charge in [-0.1, -0.05) is 148 Å². The lowest BCUT2D eigenvalue weighted by atomic mass is 10.1. The molecule has 1 rings (SSSR count). The molecule has 0 bridgehead atoms. The first-order chi connectivity index (χ1) is 16.9. The van der Waals surface area contributed by atoms with Crippen molar-refractivity contribution >= 4 is 11.6 Å². The van der Waals surface area contributed by atoms with E-state index < -0.39 is 0 Å². The minimum atomic E-state index is 1.01. The molecule has 0 unspecified atom stereocenters. The quantitative estimate of drug-likeness (QED) is 0.131. The summed E-state index contributed by atoms with van der Waals surface area (Å²) in [7, 11) is 0. The van der Waals surface area contributed by atoms with E-state index in [4.69, 9.17) is 4.98 Å². The summed E-state index contributed by atoms with van der Waals surface area (Å²) in [6, 6.07) is 6.29. The smallest absolute Gasteiger partial charge is 0.128 e. The van der Waals surface area contributed by atoms with Crippen LogP contribution in [0.2, 0.25) is 0 Å². The van der Waals surface area contributed by atoms with Crippen molar-refractivity contribution < 1.29 is 0 Å². The molecule has 1 heterocycles. The van der Waals surface area contributed by atoms with E-state index in [1.165, 1.54) is 141 Å². The number of hydrogen-bond donors (Lipinski definition) is 2. The summed E-state index contributed by atoms with van der Waals surface area (Å²) in [5, 5.41) is 7.02. The van der Waals surface area contributed by atoms with Crippen molar-refractivity contribution in [3.8, 4) is 0 Å². The van der Waals surface area contributed by atoms with Crippen LogP contribution in [0.15, 0.2) is 18.2 Å². The molecule has 0 aliphatic carbocycles. The molecule has 0 aromatic carbocycles. The fraction of sp³-hybridized carbons (Fsp3) is 0.839. The maximum atomic E-state index is 4.73. The largest absolute Gasteiger partial charge is 0.370 e. The molecule has 0 amide bonds. The van der Waals surface area contributed by atoms with E-state index in [0.29, 0.717) is 0 Å². The average molecular weight is 474 g/mol. The Morgan fingerprint density at radius 2 is 0.735 bits per heavy atom. The minimum Gasteiger partial charge on any atom is -0.370 e. The van der Waals surface area contributed by atoms with Crippen LogP contribution in [0.4, 0.5) is 11.6 Å². The third-order valence-electron chi connectivity index (χ3n) is 6.92. The zero-order valence-corrected chi connectivity index (χ0v) is 23.1. The normalized spacial score (nSPS) is 11.1. The van der Waals surface area contributed by atoms with Crippen LogP contribution in [-0.2, 0) is 0 Å². The highest BCUT2D eigenvalue weighted by Crippen LogP contribution is 2.14. The van der Waals surface area contributed by atoms with Gasteiger partial charge in [-0.3, -0.25) is 0 Å². The van der Waals surface area contributed by atoms with Gasteiger partial charge in [-0.05, 0) is 25.0 Å². The van der Waals surface area contributed by atoms with Gasteiger partial charge in [-0.2, -0.15) is 0 Å². The predicted octanol–water partition coefficient (Wildman–Crippen LogP) is 10.5. The molecule has 1 aromatic rings. The lowest BCUT2D eigenvalue weighted by Gasteiger charge is -2.09. The highest BCUT2D eigenvalue weighted by molar-refractivity contribution is 5.44. The van der Waals surface area contributed by atoms with Crippen LogP contribution in [0.1, 0.15) is 155 Å². The molecule has 3 heteroatoms. The van der Waals surface area contributed by atoms with Crippen molar-refractivity contribution in [2.24, 2.45) is 0 Å². The molecule has 0 aliphatic heterocycles. The maximum absolute atomic E-state index is 4.73. The molecule has 2 N–H and O–H groups in total. The number of anilines is 2. The highest BCUT2D eigenvalue weighted by atomic mass is 15.1. The Bertz CT molecular complexity index is 488. The number of rotatable bonds is 26. The van der Waals surface area contributed by atoms with Gasteiger partial charge in [0.1, 0.15) is 11.6 Å². The van der Waals surface area contributed by atoms with Crippen LogP contribution in [-0.4, -0.2) is 18.1 Å². The summed E-state index contributed by atoms with van der Waals surface area (Å²) in [6.07, 6.45) is 30.6. The molecule has 1 aromatic heterocycles. The Kier molecular flexibility index (Phi) is 22.5. The molecule has 0 saturated heterocycles. The van der Waals surface area contributed by atoms with Crippen LogP contribution in [0.5, 0.6) is 0 Å². The summed E-state index contributed by atoms with van der Waals surface area (Å²) in [4.78, 5) is 4.73. The molecule has 198 valence electrons. The number of nitrogens with one attached hydrogen (secondary N) is 2. The first kappa shape index (κ1) is 30.8. The van der Waals surface area contributed by atoms with E-state index in [9.17, 15) is 0 Å². The Morgan fingerprint density at radius 3 is 1.06 bits per heavy atom. The molecule has 0 aliphatic rings. The van der Waals surface area contributed by atoms with Crippen LogP contribution in [0.3, 0.4) is 0 Å². The Labute approximate surface area is 213 Å². The number of nitrogens with zero attached hydrogens (tertiary/aromatic N) is 1. The van der Waals surface area contributed by atoms with E-state index in [1.54, 1.807) is 0 Å². The molecule has 3 nitrogen and oxygen atoms in total. The summed E-state index contributed by atoms with van der Waals surface area (Å²) in [6.45, 7) is 6.65. The monoisotopic (exact) mass is 473 g/mol. The summed E-state index contributed by atoms with van der Waals surface area (Å²) >= 11 is 0. The molecule has 0 fully saturated rings. The second-order valence-electron chi connectivity index (χ2n) is 10.3. The molecular formula is C31H59N3. The van der Waals surface area contributed by atoms with Crippen molar-refractivity contribution in [1.29, 1.82) is 0 Å². The standard InChI is InChI=1S/C31H59N3/c1-3-5-7-9-11-13-15-17-19-21-23-28-32-30-26-25-27-31(34-30)33-29-24-22-20-18-16-14-12-10-8-6-4-2/h25-27H,3-24,28-29H2,1-2H3,(H2,32,33,34). The minimum absolute atomic E-state index is 1.01. The van der Waals surface area contributed by atoms with Gasteiger partial charge in [-0.15, -0.1) is 0 Å². The molecule has 0 radical (unpaired) electrons. The van der Waals surface area contributed by atoms with E-state index in [-0.39, 0.29) is 0 Å². The van der Waals surface area contributed by atoms with E-state index >= 15 is 0 Å². The van der Waals surface area contributed by atoms with Gasteiger partial charge >= 0.3 is 0 Å². The van der Waals surface area contributed by atoms with Gasteiger partial charge in [0, 0.05) is 13.1 Å². The van der Waals surface area contributed by atoms with Crippen molar-refractivity contribution in [1.82, 2.24) is 4.98 Å². The zero-order chi connectivity index (χ0) is 24.4. The van der Waals surface area contributed by atoms with Gasteiger partial charge in [0.15, 0.2) is 0 Å². The van der Waals surface area contributed by atoms with E-state index in [1.807, 2.05) is 0 Å². The van der Waals surface area contributed by atoms with Crippen LogP contribution < -0.4 is 10.6 Å². The number of aromatic nitrogens is 1. The molecule has 0 spiro atoms. The maximum Gasteiger partial charge on any atom is 0.128 e. The lowest BCUT2D eigenvalue weighted by molar-refractivity contribution is 0.552. The second kappa shape index (κ2) is 24.9. The third-order valence-corrected chi connectivity index (χ3v) is 6.92. The Hall–Kier alpha value is -1.25. The first-order valence-corrected chi connectivity index (χ1v) is 15.3. The van der Waals surface area contributed by atoms with Gasteiger partial charge in [0.25, 0.3) is 0 Å². The van der Waals surface area contributed by atoms with Gasteiger partial charge < -0.3 is 10.6 Å². The second-order valence-corrected chi connectivity index (χ2v) is 10.3. The first-order valence-electron chi connectivity index (χ1n) is 15.3. The summed E-state index contributed by atoms with van der Waals surface area (Å²) in [5.41, 5.74) is 0. The van der Waals surface area contributed by atoms with Crippen molar-refractivity contribution in [2.75, 3.05) is 23.7 Å². The molecular weight excluding hydrogens is 414 g/mol. The third kappa shape index (κ3) is 20.2. The summed E-state index contributed by atoms with van der Waals surface area (Å²) < 4.78 is 0. The van der Waals surface area contributed by atoms with Gasteiger partial charge in [0.2, 0.25) is 0 Å². The molecule has 0 atom stereocenters. The summed E-state index contributed by atoms with van der Waals surface area (Å²) in [5.74, 6) is 2.02. The lowest BCUT2D eigenvalue weighted by Crippen LogP contribution is -2.07. The Balaban J connectivity index is 1.91. The molecule has 0 saturated carbocycles. The van der Waals surface area contributed by atoms with Crippen molar-refractivity contribution in [2.45, 2.75) is 155 Å². The topological polar surface area (TPSA) is 37.0 Å². The number of hydrogen-bond acceptors (Lipinski definition) is 3. The average Bonchev–Trinajstić information content (AvgIpc) is 2.85. The van der Waals surface area contributed by atoms with Gasteiger partial charge in [-0.25, -0.2) is 4.98 Å². The number of unbranched alkanes of at least 4 members (excludes halogenated alkanes) is 20. The van der Waals surface area contributed by atoms with Crippen LogP contribution in [0.25, 0.3) is 0 Å². The SMILES string of the molecule is CCCCCCCCCCCCCNc1cccc(NCCCCCCCCCCCCC)n1. The Morgan fingerprint density at radius 1 is 0.441 bits per heavy atom. The van der Waals surface area contributed by atoms with E-state index in [0.717, 1.165) is 24.7 Å². The fourth-order valence-electron chi connectivity index (χ4n) is 4.64. The highest BCUT2D eigenvalue weighted by Gasteiger charge is 1.99. The fourth-order valence-corrected chi connectivity index (χ4v) is 4.64. The van der Waals surface area contributed by atoms with Crippen LogP contribution in [0, 0.1) is 0 Å².